The number of nitrogens with one attached hydrogen (secondary N) is 2. The Morgan fingerprint density at radius 2 is 1.72 bits per heavy atom. The summed E-state index contributed by atoms with van der Waals surface area (Å²) in [7, 11) is 0. The topological polar surface area (TPSA) is 70.4 Å². The summed E-state index contributed by atoms with van der Waals surface area (Å²) in [5.41, 5.74) is 2.04. The molecule has 1 saturated heterocycles. The third-order valence-electron chi connectivity index (χ3n) is 5.95. The first-order valence-electron chi connectivity index (χ1n) is 11.4. The van der Waals surface area contributed by atoms with E-state index < -0.39 is 0 Å². The van der Waals surface area contributed by atoms with Crippen molar-refractivity contribution in [1.29, 1.82) is 0 Å². The number of furan rings is 1. The summed E-state index contributed by atoms with van der Waals surface area (Å²) in [5, 5.41) is 6.57. The van der Waals surface area contributed by atoms with Crippen LogP contribution >= 0.6 is 12.2 Å². The summed E-state index contributed by atoms with van der Waals surface area (Å²) in [6.07, 6.45) is 1.86. The van der Waals surface area contributed by atoms with Crippen molar-refractivity contribution in [3.05, 3.63) is 108 Å². The Morgan fingerprint density at radius 1 is 1.00 bits per heavy atom. The second-order valence-corrected chi connectivity index (χ2v) is 8.72. The average Bonchev–Trinajstić information content (AvgIpc) is 3.50. The molecule has 6 nitrogen and oxygen atoms in total. The van der Waals surface area contributed by atoms with Gasteiger partial charge in [-0.3, -0.25) is 9.78 Å². The molecular formula is C27H22F2N4O2S. The molecule has 2 unspecified atom stereocenters. The van der Waals surface area contributed by atoms with Gasteiger partial charge in [-0.25, -0.2) is 8.78 Å². The first kappa shape index (κ1) is 23.6. The number of amides is 1. The maximum absolute atomic E-state index is 13.4. The number of nitrogens with zero attached hydrogens (tertiary/aromatic N) is 2. The van der Waals surface area contributed by atoms with E-state index in [0.29, 0.717) is 28.9 Å². The van der Waals surface area contributed by atoms with E-state index >= 15 is 0 Å². The number of carbonyl (C=O) groups is 1. The zero-order valence-electron chi connectivity index (χ0n) is 19.0. The molecule has 2 aromatic heterocycles. The van der Waals surface area contributed by atoms with Crippen LogP contribution in [-0.4, -0.2) is 27.4 Å². The van der Waals surface area contributed by atoms with Gasteiger partial charge in [-0.15, -0.1) is 0 Å². The van der Waals surface area contributed by atoms with Gasteiger partial charge in [0.2, 0.25) is 5.91 Å². The van der Waals surface area contributed by atoms with Crippen LogP contribution in [0.25, 0.3) is 11.3 Å². The van der Waals surface area contributed by atoms with Gasteiger partial charge in [0, 0.05) is 30.4 Å². The van der Waals surface area contributed by atoms with Gasteiger partial charge in [0.25, 0.3) is 0 Å². The average molecular weight is 505 g/mol. The van der Waals surface area contributed by atoms with Crippen LogP contribution < -0.4 is 10.6 Å². The lowest BCUT2D eigenvalue weighted by Crippen LogP contribution is -2.32. The normalized spacial score (nSPS) is 17.2. The highest BCUT2D eigenvalue weighted by Gasteiger charge is 2.41. The number of thiocarbonyl (C=S) groups is 1. The Kier molecular flexibility index (Phi) is 6.73. The first-order chi connectivity index (χ1) is 17.5. The second-order valence-electron chi connectivity index (χ2n) is 8.33. The number of anilines is 1. The van der Waals surface area contributed by atoms with Crippen molar-refractivity contribution in [2.75, 3.05) is 11.9 Å². The molecular weight excluding hydrogens is 482 g/mol. The highest BCUT2D eigenvalue weighted by atomic mass is 32.1. The predicted octanol–water partition coefficient (Wildman–Crippen LogP) is 5.62. The molecule has 0 spiro atoms. The Hall–Kier alpha value is -4.11. The monoisotopic (exact) mass is 504 g/mol. The van der Waals surface area contributed by atoms with Gasteiger partial charge in [-0.1, -0.05) is 6.07 Å². The number of halogens is 2. The smallest absolute Gasteiger partial charge is 0.226 e. The highest BCUT2D eigenvalue weighted by Crippen LogP contribution is 2.40. The fraction of sp³-hybridized carbons (Fsp3) is 0.148. The number of aromatic nitrogens is 1. The molecule has 0 radical (unpaired) electrons. The van der Waals surface area contributed by atoms with E-state index in [0.717, 1.165) is 11.3 Å². The fourth-order valence-electron chi connectivity index (χ4n) is 4.22. The lowest BCUT2D eigenvalue weighted by atomic mass is 10.0. The minimum absolute atomic E-state index is 0.149. The molecule has 2 aromatic carbocycles. The van der Waals surface area contributed by atoms with Crippen molar-refractivity contribution < 1.29 is 18.0 Å². The van der Waals surface area contributed by atoms with Crippen LogP contribution in [0.1, 0.15) is 30.0 Å². The molecule has 1 fully saturated rings. The van der Waals surface area contributed by atoms with Crippen LogP contribution in [0.3, 0.4) is 0 Å². The lowest BCUT2D eigenvalue weighted by molar-refractivity contribution is -0.116. The third kappa shape index (κ3) is 5.11. The SMILES string of the molecule is O=C(CCN1C(=S)NC(c2ccccn2)C1c1ccc(-c2ccc(F)cc2)o1)Nc1ccc(F)cc1. The van der Waals surface area contributed by atoms with Gasteiger partial charge >= 0.3 is 0 Å². The van der Waals surface area contributed by atoms with Crippen LogP contribution in [0.15, 0.2) is 89.5 Å². The van der Waals surface area contributed by atoms with Crippen LogP contribution in [0.4, 0.5) is 14.5 Å². The number of benzene rings is 2. The lowest BCUT2D eigenvalue weighted by Gasteiger charge is -2.25. The Bertz CT molecular complexity index is 1360. The summed E-state index contributed by atoms with van der Waals surface area (Å²) >= 11 is 5.64. The highest BCUT2D eigenvalue weighted by molar-refractivity contribution is 7.80. The molecule has 1 aliphatic heterocycles. The maximum Gasteiger partial charge on any atom is 0.226 e. The van der Waals surface area contributed by atoms with E-state index in [1.807, 2.05) is 35.2 Å². The molecule has 4 aromatic rings. The standard InChI is InChI=1S/C27H22F2N4O2S/c28-18-6-4-17(5-7-18)22-12-13-23(35-22)26-25(21-3-1-2-15-30-21)32-27(36)33(26)16-14-24(34)31-20-10-8-19(29)9-11-20/h1-13,15,25-26H,14,16H2,(H,31,34)(H,32,36). The fourth-order valence-corrected chi connectivity index (χ4v) is 4.55. The summed E-state index contributed by atoms with van der Waals surface area (Å²) < 4.78 is 32.7. The molecule has 2 atom stereocenters. The van der Waals surface area contributed by atoms with Crippen LogP contribution in [0.5, 0.6) is 0 Å². The van der Waals surface area contributed by atoms with Gasteiger partial charge < -0.3 is 20.0 Å². The van der Waals surface area contributed by atoms with E-state index in [1.165, 1.54) is 36.4 Å². The zero-order valence-corrected chi connectivity index (χ0v) is 19.8. The number of carbonyl (C=O) groups excluding carboxylic acids is 1. The van der Waals surface area contributed by atoms with E-state index in [9.17, 15) is 13.6 Å². The van der Waals surface area contributed by atoms with Gasteiger partial charge in [-0.2, -0.15) is 0 Å². The molecule has 1 amide bonds. The van der Waals surface area contributed by atoms with Crippen molar-refractivity contribution in [2.24, 2.45) is 0 Å². The number of hydrogen-bond donors (Lipinski definition) is 2. The summed E-state index contributed by atoms with van der Waals surface area (Å²) in [5.74, 6) is 0.309. The molecule has 2 N–H and O–H groups in total. The second kappa shape index (κ2) is 10.2. The first-order valence-corrected chi connectivity index (χ1v) is 11.8. The molecule has 5 rings (SSSR count). The van der Waals surface area contributed by atoms with E-state index in [1.54, 1.807) is 18.3 Å². The van der Waals surface area contributed by atoms with E-state index in [-0.39, 0.29) is 36.0 Å². The van der Waals surface area contributed by atoms with Crippen molar-refractivity contribution in [3.8, 4) is 11.3 Å². The summed E-state index contributed by atoms with van der Waals surface area (Å²) in [6.45, 7) is 0.319. The number of hydrogen-bond acceptors (Lipinski definition) is 4. The molecule has 0 bridgehead atoms. The largest absolute Gasteiger partial charge is 0.459 e. The molecule has 3 heterocycles. The van der Waals surface area contributed by atoms with Gasteiger partial charge in [-0.05, 0) is 85.0 Å². The Labute approximate surface area is 212 Å². The van der Waals surface area contributed by atoms with Crippen LogP contribution in [-0.2, 0) is 4.79 Å². The maximum atomic E-state index is 13.4. The predicted molar refractivity (Wildman–Crippen MR) is 136 cm³/mol. The molecule has 36 heavy (non-hydrogen) atoms. The summed E-state index contributed by atoms with van der Waals surface area (Å²) in [6, 6.07) is 20.3. The minimum Gasteiger partial charge on any atom is -0.459 e. The van der Waals surface area contributed by atoms with Gasteiger partial charge in [0.15, 0.2) is 5.11 Å². The van der Waals surface area contributed by atoms with E-state index in [4.69, 9.17) is 16.6 Å². The van der Waals surface area contributed by atoms with Crippen LogP contribution in [0, 0.1) is 11.6 Å². The molecule has 1 aliphatic rings. The zero-order chi connectivity index (χ0) is 25.1. The van der Waals surface area contributed by atoms with Gasteiger partial charge in [0.1, 0.15) is 29.2 Å². The quantitative estimate of drug-likeness (QED) is 0.319. The third-order valence-corrected chi connectivity index (χ3v) is 6.30. The van der Waals surface area contributed by atoms with Gasteiger partial charge in [0.05, 0.1) is 11.7 Å². The summed E-state index contributed by atoms with van der Waals surface area (Å²) in [4.78, 5) is 19.0. The van der Waals surface area contributed by atoms with Crippen LogP contribution in [0.2, 0.25) is 0 Å². The van der Waals surface area contributed by atoms with Crippen molar-refractivity contribution in [3.63, 3.8) is 0 Å². The molecule has 9 heteroatoms. The Balaban J connectivity index is 1.38. The number of rotatable bonds is 7. The van der Waals surface area contributed by atoms with E-state index in [2.05, 4.69) is 15.6 Å². The number of pyridine rings is 1. The Morgan fingerprint density at radius 3 is 2.42 bits per heavy atom. The van der Waals surface area contributed by atoms with Crippen molar-refractivity contribution >= 4 is 28.9 Å². The molecule has 0 saturated carbocycles. The van der Waals surface area contributed by atoms with Crippen molar-refractivity contribution in [2.45, 2.75) is 18.5 Å². The van der Waals surface area contributed by atoms with Crippen molar-refractivity contribution in [1.82, 2.24) is 15.2 Å². The molecule has 182 valence electrons. The molecule has 0 aliphatic carbocycles. The minimum atomic E-state index is -0.372.